The molecule has 1 aromatic carbocycles. The number of furan rings is 1. The molecule has 0 saturated carbocycles. The van der Waals surface area contributed by atoms with Crippen LogP contribution in [0.25, 0.3) is 33.9 Å². The van der Waals surface area contributed by atoms with Gasteiger partial charge in [0.2, 0.25) is 0 Å². The van der Waals surface area contributed by atoms with Crippen LogP contribution in [0.15, 0.2) is 61.7 Å². The van der Waals surface area contributed by atoms with Crippen molar-refractivity contribution in [2.45, 2.75) is 6.92 Å². The van der Waals surface area contributed by atoms with E-state index in [1.54, 1.807) is 35.7 Å². The molecule has 6 nitrogen and oxygen atoms in total. The molecular weight excluding hydrogens is 376 g/mol. The van der Waals surface area contributed by atoms with Crippen LogP contribution in [0.3, 0.4) is 0 Å². The topological polar surface area (TPSA) is 89.3 Å². The summed E-state index contributed by atoms with van der Waals surface area (Å²) in [6.07, 6.45) is 3.14. The van der Waals surface area contributed by atoms with Crippen molar-refractivity contribution in [3.63, 3.8) is 0 Å². The van der Waals surface area contributed by atoms with Gasteiger partial charge in [0, 0.05) is 16.8 Å². The molecule has 4 rings (SSSR count). The quantitative estimate of drug-likeness (QED) is 0.353. The van der Waals surface area contributed by atoms with E-state index in [2.05, 4.69) is 11.1 Å². The van der Waals surface area contributed by atoms with Crippen molar-refractivity contribution in [3.8, 4) is 23.1 Å². The van der Waals surface area contributed by atoms with Crippen molar-refractivity contribution in [1.29, 1.82) is 5.26 Å². The summed E-state index contributed by atoms with van der Waals surface area (Å²) >= 11 is 1.28. The largest absolute Gasteiger partial charge is 0.490 e. The van der Waals surface area contributed by atoms with E-state index in [9.17, 15) is 10.1 Å². The van der Waals surface area contributed by atoms with Gasteiger partial charge in [0.25, 0.3) is 0 Å². The number of fused-ring (bicyclic) bond motifs is 1. The summed E-state index contributed by atoms with van der Waals surface area (Å²) in [5.74, 6) is 1.08. The van der Waals surface area contributed by atoms with Gasteiger partial charge in [-0.25, -0.2) is 9.78 Å². The Bertz CT molecular complexity index is 1260. The van der Waals surface area contributed by atoms with Crippen LogP contribution in [0.2, 0.25) is 0 Å². The second-order valence-electron chi connectivity index (χ2n) is 5.78. The molecule has 3 aromatic heterocycles. The lowest BCUT2D eigenvalue weighted by Crippen LogP contribution is -2.04. The van der Waals surface area contributed by atoms with E-state index < -0.39 is 5.63 Å². The van der Waals surface area contributed by atoms with Crippen LogP contribution in [-0.4, -0.2) is 11.6 Å². The maximum Gasteiger partial charge on any atom is 0.345 e. The van der Waals surface area contributed by atoms with E-state index in [1.165, 1.54) is 17.6 Å². The van der Waals surface area contributed by atoms with Crippen molar-refractivity contribution in [1.82, 2.24) is 4.98 Å². The van der Waals surface area contributed by atoms with Crippen molar-refractivity contribution in [2.75, 3.05) is 6.61 Å². The number of aromatic nitrogens is 1. The number of ether oxygens (including phenoxy) is 1. The van der Waals surface area contributed by atoms with Crippen LogP contribution in [0.5, 0.6) is 5.75 Å². The predicted octanol–water partition coefficient (Wildman–Crippen LogP) is 4.97. The lowest BCUT2D eigenvalue weighted by Gasteiger charge is -2.06. The Morgan fingerprint density at radius 1 is 1.36 bits per heavy atom. The van der Waals surface area contributed by atoms with E-state index in [1.807, 2.05) is 19.1 Å². The van der Waals surface area contributed by atoms with Gasteiger partial charge in [0.1, 0.15) is 16.8 Å². The molecule has 0 N–H and O–H groups in total. The third-order valence-electron chi connectivity index (χ3n) is 3.98. The van der Waals surface area contributed by atoms with E-state index >= 15 is 0 Å². The molecule has 0 atom stereocenters. The van der Waals surface area contributed by atoms with E-state index in [4.69, 9.17) is 13.6 Å². The first-order chi connectivity index (χ1) is 13.7. The first-order valence-corrected chi connectivity index (χ1v) is 9.39. The minimum Gasteiger partial charge on any atom is -0.490 e. The number of benzene rings is 1. The Morgan fingerprint density at radius 3 is 3.00 bits per heavy atom. The number of rotatable bonds is 5. The van der Waals surface area contributed by atoms with Crippen LogP contribution in [-0.2, 0) is 0 Å². The van der Waals surface area contributed by atoms with E-state index in [-0.39, 0.29) is 0 Å². The number of thiazole rings is 1. The van der Waals surface area contributed by atoms with Crippen LogP contribution in [0.1, 0.15) is 17.7 Å². The highest BCUT2D eigenvalue weighted by Crippen LogP contribution is 2.30. The van der Waals surface area contributed by atoms with Crippen molar-refractivity contribution in [2.24, 2.45) is 0 Å². The molecule has 0 radical (unpaired) electrons. The molecule has 28 heavy (non-hydrogen) atoms. The molecular formula is C21H14N2O4S. The fraction of sp³-hybridized carbons (Fsp3) is 0.0952. The monoisotopic (exact) mass is 390 g/mol. The zero-order valence-corrected chi connectivity index (χ0v) is 15.7. The molecule has 7 heteroatoms. The molecule has 0 unspecified atom stereocenters. The maximum atomic E-state index is 12.5. The highest BCUT2D eigenvalue weighted by atomic mass is 32.1. The van der Waals surface area contributed by atoms with Crippen LogP contribution < -0.4 is 10.4 Å². The summed E-state index contributed by atoms with van der Waals surface area (Å²) in [6.45, 7) is 2.34. The molecule has 0 amide bonds. The van der Waals surface area contributed by atoms with Crippen molar-refractivity contribution >= 4 is 34.0 Å². The normalized spacial score (nSPS) is 11.5. The highest BCUT2D eigenvalue weighted by Gasteiger charge is 2.15. The lowest BCUT2D eigenvalue weighted by molar-refractivity contribution is 0.337. The molecule has 138 valence electrons. The molecule has 0 aliphatic heterocycles. The third kappa shape index (κ3) is 3.33. The fourth-order valence-electron chi connectivity index (χ4n) is 2.74. The number of para-hydroxylation sites is 1. The Kier molecular flexibility index (Phi) is 4.79. The Morgan fingerprint density at radius 2 is 2.25 bits per heavy atom. The maximum absolute atomic E-state index is 12.5. The van der Waals surface area contributed by atoms with Gasteiger partial charge in [0.05, 0.1) is 29.7 Å². The average Bonchev–Trinajstić information content (AvgIpc) is 3.38. The molecule has 0 saturated heterocycles. The molecule has 0 fully saturated rings. The zero-order valence-electron chi connectivity index (χ0n) is 14.8. The van der Waals surface area contributed by atoms with Gasteiger partial charge < -0.3 is 13.6 Å². The summed E-state index contributed by atoms with van der Waals surface area (Å²) < 4.78 is 16.3. The standard InChI is InChI=1S/C21H14N2O4S/c1-2-25-18-7-3-5-13-10-16(21(24)27-19(13)18)17-12-28-20(23-17)14(11-22)9-15-6-4-8-26-15/h3-10,12H,2H2,1H3/b14-9-. The van der Waals surface area contributed by atoms with Gasteiger partial charge >= 0.3 is 5.63 Å². The third-order valence-corrected chi connectivity index (χ3v) is 4.86. The van der Waals surface area contributed by atoms with Crippen molar-refractivity contribution < 1.29 is 13.6 Å². The van der Waals surface area contributed by atoms with Crippen LogP contribution >= 0.6 is 11.3 Å². The molecule has 4 aromatic rings. The number of allylic oxidation sites excluding steroid dienone is 1. The van der Waals surface area contributed by atoms with E-state index in [0.717, 1.165) is 5.39 Å². The Hall–Kier alpha value is -3.63. The van der Waals surface area contributed by atoms with Gasteiger partial charge in [-0.3, -0.25) is 0 Å². The minimum atomic E-state index is -0.509. The predicted molar refractivity (Wildman–Crippen MR) is 107 cm³/mol. The SMILES string of the molecule is CCOc1cccc2cc(-c3csc(/C(C#N)=C\c4ccco4)n3)c(=O)oc12. The van der Waals surface area contributed by atoms with Gasteiger partial charge in [0.15, 0.2) is 11.3 Å². The Balaban J connectivity index is 1.76. The number of nitriles is 1. The lowest BCUT2D eigenvalue weighted by atomic mass is 10.1. The highest BCUT2D eigenvalue weighted by molar-refractivity contribution is 7.11. The molecule has 0 bridgehead atoms. The average molecular weight is 390 g/mol. The van der Waals surface area contributed by atoms with Crippen LogP contribution in [0.4, 0.5) is 0 Å². The smallest absolute Gasteiger partial charge is 0.345 e. The van der Waals surface area contributed by atoms with Crippen molar-refractivity contribution in [3.05, 3.63) is 69.2 Å². The number of hydrogen-bond acceptors (Lipinski definition) is 7. The van der Waals surface area contributed by atoms with E-state index in [0.29, 0.717) is 45.5 Å². The second-order valence-corrected chi connectivity index (χ2v) is 6.64. The summed E-state index contributed by atoms with van der Waals surface area (Å²) in [5.41, 5.74) is 1.04. The summed E-state index contributed by atoms with van der Waals surface area (Å²) in [7, 11) is 0. The molecule has 0 spiro atoms. The summed E-state index contributed by atoms with van der Waals surface area (Å²) in [4.78, 5) is 17.0. The first kappa shape index (κ1) is 17.8. The summed E-state index contributed by atoms with van der Waals surface area (Å²) in [5, 5.41) is 12.4. The zero-order chi connectivity index (χ0) is 19.5. The first-order valence-electron chi connectivity index (χ1n) is 8.51. The van der Waals surface area contributed by atoms with Crippen LogP contribution in [0, 0.1) is 11.3 Å². The second kappa shape index (κ2) is 7.55. The van der Waals surface area contributed by atoms with Gasteiger partial charge in [-0.2, -0.15) is 5.26 Å². The van der Waals surface area contributed by atoms with Gasteiger partial charge in [-0.15, -0.1) is 11.3 Å². The van der Waals surface area contributed by atoms with Gasteiger partial charge in [-0.05, 0) is 31.2 Å². The molecule has 0 aliphatic carbocycles. The fourth-order valence-corrected chi connectivity index (χ4v) is 3.53. The molecule has 3 heterocycles. The Labute approximate surface area is 163 Å². The minimum absolute atomic E-state index is 0.332. The number of nitrogens with zero attached hydrogens (tertiary/aromatic N) is 2. The molecule has 0 aliphatic rings. The summed E-state index contributed by atoms with van der Waals surface area (Å²) in [6, 6.07) is 12.8. The number of hydrogen-bond donors (Lipinski definition) is 0. The van der Waals surface area contributed by atoms with Gasteiger partial charge in [-0.1, -0.05) is 12.1 Å².